The highest BCUT2D eigenvalue weighted by Crippen LogP contribution is 2.40. The Balaban J connectivity index is 1.59. The smallest absolute Gasteiger partial charge is 0.450 e. The van der Waals surface area contributed by atoms with Crippen LogP contribution in [0.5, 0.6) is 0 Å². The van der Waals surface area contributed by atoms with E-state index in [1.165, 1.54) is 38.5 Å². The molecule has 3 rings (SSSR count). The molecule has 1 fully saturated rings. The van der Waals surface area contributed by atoms with E-state index in [1.807, 2.05) is 24.5 Å². The van der Waals surface area contributed by atoms with Crippen molar-refractivity contribution in [1.29, 1.82) is 0 Å². The second kappa shape index (κ2) is 10.9. The number of rotatable bonds is 11. The Morgan fingerprint density at radius 1 is 1.03 bits per heavy atom. The molecule has 174 valence electrons. The summed E-state index contributed by atoms with van der Waals surface area (Å²) in [5, 5.41) is 9.18. The molecule has 0 bridgehead atoms. The van der Waals surface area contributed by atoms with Gasteiger partial charge in [0, 0.05) is 23.5 Å². The Labute approximate surface area is 190 Å². The summed E-state index contributed by atoms with van der Waals surface area (Å²) in [4.78, 5) is 20.3. The highest BCUT2D eigenvalue weighted by molar-refractivity contribution is 5.59. The van der Waals surface area contributed by atoms with Gasteiger partial charge in [0.25, 0.3) is 5.79 Å². The van der Waals surface area contributed by atoms with Crippen LogP contribution in [0.3, 0.4) is 0 Å². The zero-order valence-electron chi connectivity index (χ0n) is 19.3. The van der Waals surface area contributed by atoms with Gasteiger partial charge in [-0.2, -0.15) is 0 Å². The van der Waals surface area contributed by atoms with Gasteiger partial charge in [-0.1, -0.05) is 69.7 Å². The van der Waals surface area contributed by atoms with Crippen molar-refractivity contribution < 1.29 is 24.1 Å². The molecule has 7 nitrogen and oxygen atoms in total. The molecule has 0 radical (unpaired) electrons. The van der Waals surface area contributed by atoms with Gasteiger partial charge in [-0.05, 0) is 32.3 Å². The summed E-state index contributed by atoms with van der Waals surface area (Å²) < 4.78 is 16.5. The van der Waals surface area contributed by atoms with E-state index < -0.39 is 17.7 Å². The largest absolute Gasteiger partial charge is 0.508 e. The van der Waals surface area contributed by atoms with Crippen LogP contribution in [0.25, 0.3) is 11.4 Å². The maximum atomic E-state index is 11.2. The predicted molar refractivity (Wildman–Crippen MR) is 121 cm³/mol. The van der Waals surface area contributed by atoms with Crippen molar-refractivity contribution in [3.63, 3.8) is 0 Å². The van der Waals surface area contributed by atoms with Crippen LogP contribution < -0.4 is 0 Å². The number of nitrogens with zero attached hydrogens (tertiary/aromatic N) is 2. The number of hydrogen-bond donors (Lipinski definition) is 1. The standard InChI is InChI=1S/C25H34N2O5/c1-4-5-6-7-8-9-10-11-19-16-26-22(27-17-19)20-12-14-21(15-13-20)25(31-23(28)29)18-30-24(2,3)32-25/h12-17H,4-11,18H2,1-3H3,(H,28,29)/t25-/m1/s1. The molecule has 1 aliphatic rings. The van der Waals surface area contributed by atoms with Gasteiger partial charge in [0.1, 0.15) is 6.61 Å². The van der Waals surface area contributed by atoms with Gasteiger partial charge in [0.15, 0.2) is 11.6 Å². The lowest BCUT2D eigenvalue weighted by atomic mass is 10.0. The van der Waals surface area contributed by atoms with E-state index in [1.54, 1.807) is 26.0 Å². The van der Waals surface area contributed by atoms with Crippen LogP contribution >= 0.6 is 0 Å². The summed E-state index contributed by atoms with van der Waals surface area (Å²) in [7, 11) is 0. The third-order valence-corrected chi connectivity index (χ3v) is 5.63. The van der Waals surface area contributed by atoms with Crippen molar-refractivity contribution in [3.8, 4) is 11.4 Å². The number of carbonyl (C=O) groups is 1. The number of aryl methyl sites for hydroxylation is 1. The Morgan fingerprint density at radius 2 is 1.66 bits per heavy atom. The lowest BCUT2D eigenvalue weighted by Crippen LogP contribution is -2.36. The lowest BCUT2D eigenvalue weighted by Gasteiger charge is -2.27. The minimum absolute atomic E-state index is 0.0184. The first-order valence-electron chi connectivity index (χ1n) is 11.5. The Hall–Kier alpha value is -2.51. The molecule has 0 spiro atoms. The highest BCUT2D eigenvalue weighted by Gasteiger charge is 2.50. The molecule has 2 aromatic rings. The number of ether oxygens (including phenoxy) is 3. The molecule has 1 aliphatic heterocycles. The summed E-state index contributed by atoms with van der Waals surface area (Å²) in [5.74, 6) is -1.81. The Bertz CT molecular complexity index is 867. The molecule has 1 N–H and O–H groups in total. The van der Waals surface area contributed by atoms with Crippen LogP contribution in [-0.2, 0) is 26.4 Å². The number of aromatic nitrogens is 2. The fourth-order valence-corrected chi connectivity index (χ4v) is 3.91. The average molecular weight is 443 g/mol. The highest BCUT2D eigenvalue weighted by atomic mass is 16.9. The van der Waals surface area contributed by atoms with E-state index in [4.69, 9.17) is 14.2 Å². The van der Waals surface area contributed by atoms with Crippen molar-refractivity contribution in [1.82, 2.24) is 9.97 Å². The zero-order valence-corrected chi connectivity index (χ0v) is 19.3. The van der Waals surface area contributed by atoms with Gasteiger partial charge < -0.3 is 19.3 Å². The van der Waals surface area contributed by atoms with Crippen molar-refractivity contribution >= 4 is 6.16 Å². The number of hydrogen-bond acceptors (Lipinski definition) is 6. The Kier molecular flexibility index (Phi) is 8.21. The summed E-state index contributed by atoms with van der Waals surface area (Å²) in [6, 6.07) is 7.20. The molecule has 0 unspecified atom stereocenters. The van der Waals surface area contributed by atoms with E-state index in [-0.39, 0.29) is 6.61 Å². The molecule has 1 saturated heterocycles. The van der Waals surface area contributed by atoms with Crippen LogP contribution in [0.1, 0.15) is 76.8 Å². The van der Waals surface area contributed by atoms with Crippen LogP contribution in [0, 0.1) is 0 Å². The van der Waals surface area contributed by atoms with Crippen LogP contribution in [0.4, 0.5) is 4.79 Å². The molecule has 2 heterocycles. The van der Waals surface area contributed by atoms with E-state index in [9.17, 15) is 9.90 Å². The topological polar surface area (TPSA) is 90.8 Å². The average Bonchev–Trinajstić information content (AvgIpc) is 3.08. The molecular formula is C25H34N2O5. The molecule has 1 aromatic heterocycles. The fourth-order valence-electron chi connectivity index (χ4n) is 3.91. The first kappa shape index (κ1) is 24.1. The van der Waals surface area contributed by atoms with Crippen molar-refractivity contribution in [3.05, 3.63) is 47.8 Å². The van der Waals surface area contributed by atoms with E-state index in [2.05, 4.69) is 16.9 Å². The minimum Gasteiger partial charge on any atom is -0.450 e. The maximum absolute atomic E-state index is 11.2. The maximum Gasteiger partial charge on any atom is 0.508 e. The molecule has 7 heteroatoms. The van der Waals surface area contributed by atoms with E-state index >= 15 is 0 Å². The molecule has 0 amide bonds. The van der Waals surface area contributed by atoms with Gasteiger partial charge >= 0.3 is 6.16 Å². The summed E-state index contributed by atoms with van der Waals surface area (Å²) >= 11 is 0. The summed E-state index contributed by atoms with van der Waals surface area (Å²) in [5.41, 5.74) is 2.54. The summed E-state index contributed by atoms with van der Waals surface area (Å²) in [6.07, 6.45) is 12.3. The number of unbranched alkanes of at least 4 members (excludes halogenated alkanes) is 6. The van der Waals surface area contributed by atoms with E-state index in [0.29, 0.717) is 11.4 Å². The second-order valence-electron chi connectivity index (χ2n) is 8.78. The molecule has 1 atom stereocenters. The van der Waals surface area contributed by atoms with Crippen molar-refractivity contribution in [2.75, 3.05) is 6.61 Å². The van der Waals surface area contributed by atoms with Gasteiger partial charge in [0.05, 0.1) is 0 Å². The molecule has 1 aromatic carbocycles. The first-order chi connectivity index (χ1) is 15.3. The zero-order chi connectivity index (χ0) is 23.0. The van der Waals surface area contributed by atoms with Crippen LogP contribution in [-0.4, -0.2) is 33.6 Å². The monoisotopic (exact) mass is 442 g/mol. The van der Waals surface area contributed by atoms with Crippen molar-refractivity contribution in [2.24, 2.45) is 0 Å². The van der Waals surface area contributed by atoms with Crippen LogP contribution in [0.15, 0.2) is 36.7 Å². The molecule has 0 aliphatic carbocycles. The summed E-state index contributed by atoms with van der Waals surface area (Å²) in [6.45, 7) is 5.66. The first-order valence-corrected chi connectivity index (χ1v) is 11.5. The lowest BCUT2D eigenvalue weighted by molar-refractivity contribution is -0.240. The van der Waals surface area contributed by atoms with Gasteiger partial charge in [-0.25, -0.2) is 14.8 Å². The SMILES string of the molecule is CCCCCCCCCc1cnc(-c2ccc([C@@]3(OC(=O)O)COC(C)(C)O3)cc2)nc1. The van der Waals surface area contributed by atoms with Gasteiger partial charge in [0.2, 0.25) is 0 Å². The molecular weight excluding hydrogens is 408 g/mol. The number of carboxylic acid groups (broad SMARTS) is 1. The number of benzene rings is 1. The third kappa shape index (κ3) is 6.50. The third-order valence-electron chi connectivity index (χ3n) is 5.63. The normalized spacial score (nSPS) is 19.7. The quantitative estimate of drug-likeness (QED) is 0.334. The molecule has 0 saturated carbocycles. The predicted octanol–water partition coefficient (Wildman–Crippen LogP) is 6.07. The van der Waals surface area contributed by atoms with Gasteiger partial charge in [-0.15, -0.1) is 0 Å². The van der Waals surface area contributed by atoms with E-state index in [0.717, 1.165) is 24.0 Å². The van der Waals surface area contributed by atoms with Crippen molar-refractivity contribution in [2.45, 2.75) is 83.7 Å². The van der Waals surface area contributed by atoms with Crippen LogP contribution in [0.2, 0.25) is 0 Å². The Morgan fingerprint density at radius 3 is 2.22 bits per heavy atom. The fraction of sp³-hybridized carbons (Fsp3) is 0.560. The minimum atomic E-state index is -1.49. The second-order valence-corrected chi connectivity index (χ2v) is 8.78. The molecule has 32 heavy (non-hydrogen) atoms. The van der Waals surface area contributed by atoms with Gasteiger partial charge in [-0.3, -0.25) is 0 Å².